The summed E-state index contributed by atoms with van der Waals surface area (Å²) >= 11 is 0. The number of nitrogens with two attached hydrogens (primary N) is 1. The van der Waals surface area contributed by atoms with Gasteiger partial charge in [-0.25, -0.2) is 4.79 Å². The number of rotatable bonds is 6. The Kier molecular flexibility index (Phi) is 5.57. The molecule has 0 saturated carbocycles. The highest BCUT2D eigenvalue weighted by Crippen LogP contribution is 2.11. The van der Waals surface area contributed by atoms with Crippen molar-refractivity contribution in [3.05, 3.63) is 59.7 Å². The van der Waals surface area contributed by atoms with E-state index < -0.39 is 5.91 Å². The summed E-state index contributed by atoms with van der Waals surface area (Å²) in [5, 5.41) is 5.46. The molecule has 120 valence electrons. The Bertz CT molecular complexity index is 666. The summed E-state index contributed by atoms with van der Waals surface area (Å²) in [6.07, 6.45) is 0.720. The van der Waals surface area contributed by atoms with Crippen molar-refractivity contribution in [1.82, 2.24) is 5.32 Å². The van der Waals surface area contributed by atoms with Crippen LogP contribution in [-0.4, -0.2) is 25.6 Å². The Balaban J connectivity index is 1.77. The molecular formula is C17H19N3O3. The van der Waals surface area contributed by atoms with E-state index in [4.69, 9.17) is 10.5 Å². The molecule has 0 aliphatic heterocycles. The van der Waals surface area contributed by atoms with Gasteiger partial charge in [0.15, 0.2) is 0 Å². The largest absolute Gasteiger partial charge is 0.497 e. The number of hydrogen-bond donors (Lipinski definition) is 3. The first-order chi connectivity index (χ1) is 11.1. The number of hydrogen-bond acceptors (Lipinski definition) is 3. The third kappa shape index (κ3) is 5.03. The summed E-state index contributed by atoms with van der Waals surface area (Å²) in [6.45, 7) is 0.511. The fraction of sp³-hybridized carbons (Fsp3) is 0.176. The summed E-state index contributed by atoms with van der Waals surface area (Å²) in [4.78, 5) is 22.8. The van der Waals surface area contributed by atoms with Crippen molar-refractivity contribution >= 4 is 17.6 Å². The highest BCUT2D eigenvalue weighted by atomic mass is 16.5. The summed E-state index contributed by atoms with van der Waals surface area (Å²) in [5.74, 6) is 0.305. The van der Waals surface area contributed by atoms with Crippen LogP contribution in [0.3, 0.4) is 0 Å². The topological polar surface area (TPSA) is 93.4 Å². The molecule has 0 aromatic heterocycles. The minimum absolute atomic E-state index is 0.301. The van der Waals surface area contributed by atoms with Gasteiger partial charge in [0.1, 0.15) is 5.75 Å². The van der Waals surface area contributed by atoms with Crippen molar-refractivity contribution in [1.29, 1.82) is 0 Å². The normalized spacial score (nSPS) is 9.96. The molecule has 6 nitrogen and oxygen atoms in total. The SMILES string of the molecule is COc1ccc(CCNC(=O)Nc2ccc(C(N)=O)cc2)cc1. The van der Waals surface area contributed by atoms with Crippen LogP contribution >= 0.6 is 0 Å². The zero-order chi connectivity index (χ0) is 16.7. The molecule has 0 aliphatic rings. The lowest BCUT2D eigenvalue weighted by atomic mass is 10.1. The van der Waals surface area contributed by atoms with Gasteiger partial charge in [-0.1, -0.05) is 12.1 Å². The minimum atomic E-state index is -0.500. The van der Waals surface area contributed by atoms with E-state index in [9.17, 15) is 9.59 Å². The smallest absolute Gasteiger partial charge is 0.319 e. The molecular weight excluding hydrogens is 294 g/mol. The molecule has 2 aromatic rings. The molecule has 0 aliphatic carbocycles. The Hall–Kier alpha value is -3.02. The van der Waals surface area contributed by atoms with Gasteiger partial charge in [0.25, 0.3) is 0 Å². The molecule has 2 rings (SSSR count). The Morgan fingerprint density at radius 1 is 1.04 bits per heavy atom. The zero-order valence-electron chi connectivity index (χ0n) is 12.8. The van der Waals surface area contributed by atoms with Crippen LogP contribution in [0.2, 0.25) is 0 Å². The van der Waals surface area contributed by atoms with Gasteiger partial charge in [-0.3, -0.25) is 4.79 Å². The van der Waals surface area contributed by atoms with E-state index in [0.717, 1.165) is 17.7 Å². The number of urea groups is 1. The van der Waals surface area contributed by atoms with Gasteiger partial charge >= 0.3 is 6.03 Å². The van der Waals surface area contributed by atoms with Gasteiger partial charge < -0.3 is 21.1 Å². The second-order valence-corrected chi connectivity index (χ2v) is 4.92. The van der Waals surface area contributed by atoms with Crippen LogP contribution in [0.1, 0.15) is 15.9 Å². The Labute approximate surface area is 134 Å². The second kappa shape index (κ2) is 7.84. The van der Waals surface area contributed by atoms with E-state index in [-0.39, 0.29) is 6.03 Å². The Morgan fingerprint density at radius 3 is 2.26 bits per heavy atom. The van der Waals surface area contributed by atoms with Crippen LogP contribution in [0.15, 0.2) is 48.5 Å². The van der Waals surface area contributed by atoms with Crippen molar-refractivity contribution in [2.75, 3.05) is 19.0 Å². The first-order valence-corrected chi connectivity index (χ1v) is 7.16. The van der Waals surface area contributed by atoms with Crippen molar-refractivity contribution < 1.29 is 14.3 Å². The summed E-state index contributed by atoms with van der Waals surface area (Å²) in [6, 6.07) is 13.8. The molecule has 0 unspecified atom stereocenters. The number of amides is 3. The number of methoxy groups -OCH3 is 1. The lowest BCUT2D eigenvalue weighted by molar-refractivity contribution is 0.100. The average Bonchev–Trinajstić information content (AvgIpc) is 2.56. The highest BCUT2D eigenvalue weighted by molar-refractivity contribution is 5.94. The maximum absolute atomic E-state index is 11.8. The minimum Gasteiger partial charge on any atom is -0.497 e. The molecule has 0 atom stereocenters. The fourth-order valence-electron chi connectivity index (χ4n) is 2.01. The van der Waals surface area contributed by atoms with Gasteiger partial charge in [-0.2, -0.15) is 0 Å². The van der Waals surface area contributed by atoms with Gasteiger partial charge in [-0.15, -0.1) is 0 Å². The number of primary amides is 1. The van der Waals surface area contributed by atoms with Gasteiger partial charge in [0, 0.05) is 17.8 Å². The maximum Gasteiger partial charge on any atom is 0.319 e. The second-order valence-electron chi connectivity index (χ2n) is 4.92. The molecule has 0 saturated heterocycles. The van der Waals surface area contributed by atoms with Crippen molar-refractivity contribution in [3.8, 4) is 5.75 Å². The third-order valence-corrected chi connectivity index (χ3v) is 3.29. The quantitative estimate of drug-likeness (QED) is 0.763. The average molecular weight is 313 g/mol. The molecule has 6 heteroatoms. The van der Waals surface area contributed by atoms with Crippen LogP contribution < -0.4 is 21.1 Å². The number of carbonyl (C=O) groups excluding carboxylic acids is 2. The number of benzene rings is 2. The number of nitrogens with one attached hydrogen (secondary N) is 2. The lowest BCUT2D eigenvalue weighted by Gasteiger charge is -2.08. The first-order valence-electron chi connectivity index (χ1n) is 7.16. The van der Waals surface area contributed by atoms with Crippen LogP contribution in [-0.2, 0) is 6.42 Å². The van der Waals surface area contributed by atoms with E-state index in [0.29, 0.717) is 17.8 Å². The van der Waals surface area contributed by atoms with Gasteiger partial charge in [0.05, 0.1) is 7.11 Å². The molecule has 0 heterocycles. The number of carbonyl (C=O) groups is 2. The van der Waals surface area contributed by atoms with Crippen molar-refractivity contribution in [2.24, 2.45) is 5.73 Å². The number of ether oxygens (including phenoxy) is 1. The Morgan fingerprint density at radius 2 is 1.70 bits per heavy atom. The molecule has 0 spiro atoms. The zero-order valence-corrected chi connectivity index (χ0v) is 12.8. The third-order valence-electron chi connectivity index (χ3n) is 3.29. The van der Waals surface area contributed by atoms with E-state index in [1.807, 2.05) is 24.3 Å². The standard InChI is InChI=1S/C17H19N3O3/c1-23-15-8-2-12(3-9-15)10-11-19-17(22)20-14-6-4-13(5-7-14)16(18)21/h2-9H,10-11H2,1H3,(H2,18,21)(H2,19,20,22). The lowest BCUT2D eigenvalue weighted by Crippen LogP contribution is -2.30. The highest BCUT2D eigenvalue weighted by Gasteiger charge is 2.03. The summed E-state index contributed by atoms with van der Waals surface area (Å²) in [7, 11) is 1.62. The summed E-state index contributed by atoms with van der Waals surface area (Å²) in [5.41, 5.74) is 7.26. The van der Waals surface area contributed by atoms with Crippen LogP contribution in [0.25, 0.3) is 0 Å². The summed E-state index contributed by atoms with van der Waals surface area (Å²) < 4.78 is 5.09. The molecule has 0 bridgehead atoms. The molecule has 3 amide bonds. The van der Waals surface area contributed by atoms with Gasteiger partial charge in [-0.05, 0) is 48.4 Å². The van der Waals surface area contributed by atoms with E-state index in [2.05, 4.69) is 10.6 Å². The van der Waals surface area contributed by atoms with E-state index in [1.54, 1.807) is 31.4 Å². The van der Waals surface area contributed by atoms with Crippen LogP contribution in [0.5, 0.6) is 5.75 Å². The molecule has 0 radical (unpaired) electrons. The maximum atomic E-state index is 11.8. The van der Waals surface area contributed by atoms with E-state index >= 15 is 0 Å². The predicted molar refractivity (Wildman–Crippen MR) is 88.7 cm³/mol. The first kappa shape index (κ1) is 16.4. The molecule has 23 heavy (non-hydrogen) atoms. The molecule has 2 aromatic carbocycles. The van der Waals surface area contributed by atoms with Crippen molar-refractivity contribution in [2.45, 2.75) is 6.42 Å². The van der Waals surface area contributed by atoms with Crippen molar-refractivity contribution in [3.63, 3.8) is 0 Å². The monoisotopic (exact) mass is 313 g/mol. The van der Waals surface area contributed by atoms with Crippen LogP contribution in [0, 0.1) is 0 Å². The van der Waals surface area contributed by atoms with Crippen LogP contribution in [0.4, 0.5) is 10.5 Å². The predicted octanol–water partition coefficient (Wildman–Crippen LogP) is 2.16. The van der Waals surface area contributed by atoms with Gasteiger partial charge in [0.2, 0.25) is 5.91 Å². The fourth-order valence-corrected chi connectivity index (χ4v) is 2.01. The number of anilines is 1. The van der Waals surface area contributed by atoms with E-state index in [1.165, 1.54) is 0 Å². The molecule has 0 fully saturated rings. The molecule has 4 N–H and O–H groups in total.